The van der Waals surface area contributed by atoms with Gasteiger partial charge in [-0.05, 0) is 24.8 Å². The zero-order valence-corrected chi connectivity index (χ0v) is 11.9. The molecule has 1 aromatic carbocycles. The van der Waals surface area contributed by atoms with Gasteiger partial charge in [-0.1, -0.05) is 37.3 Å². The summed E-state index contributed by atoms with van der Waals surface area (Å²) in [5.41, 5.74) is 1.28. The van der Waals surface area contributed by atoms with Crippen molar-refractivity contribution < 1.29 is 4.79 Å². The highest BCUT2D eigenvalue weighted by Crippen LogP contribution is 2.24. The van der Waals surface area contributed by atoms with Gasteiger partial charge in [0.25, 0.3) is 0 Å². The van der Waals surface area contributed by atoms with Crippen LogP contribution in [0.5, 0.6) is 0 Å². The number of amides is 1. The zero-order valence-electron chi connectivity index (χ0n) is 11.9. The van der Waals surface area contributed by atoms with Crippen molar-refractivity contribution in [2.45, 2.75) is 38.6 Å². The topological polar surface area (TPSA) is 32.3 Å². The number of rotatable bonds is 4. The number of benzene rings is 1. The van der Waals surface area contributed by atoms with E-state index in [4.69, 9.17) is 0 Å². The Morgan fingerprint density at radius 1 is 1.42 bits per heavy atom. The smallest absolute Gasteiger partial charge is 0.223 e. The van der Waals surface area contributed by atoms with Gasteiger partial charge in [0.1, 0.15) is 0 Å². The Kier molecular flexibility index (Phi) is 4.97. The molecule has 1 aromatic rings. The van der Waals surface area contributed by atoms with E-state index in [0.717, 1.165) is 26.1 Å². The lowest BCUT2D eigenvalue weighted by Gasteiger charge is -2.35. The highest BCUT2D eigenvalue weighted by Gasteiger charge is 2.25. The molecule has 1 saturated heterocycles. The van der Waals surface area contributed by atoms with E-state index in [9.17, 15) is 4.79 Å². The lowest BCUT2D eigenvalue weighted by Crippen LogP contribution is -2.52. The highest BCUT2D eigenvalue weighted by molar-refractivity contribution is 5.77. The second-order valence-corrected chi connectivity index (χ2v) is 5.36. The van der Waals surface area contributed by atoms with Gasteiger partial charge in [0.05, 0.1) is 0 Å². The summed E-state index contributed by atoms with van der Waals surface area (Å²) in [6, 6.07) is 10.7. The van der Waals surface area contributed by atoms with Crippen molar-refractivity contribution in [2.75, 3.05) is 19.6 Å². The van der Waals surface area contributed by atoms with Gasteiger partial charge in [0.15, 0.2) is 0 Å². The first kappa shape index (κ1) is 14.1. The minimum atomic E-state index is 0.296. The van der Waals surface area contributed by atoms with Crippen LogP contribution in [0.4, 0.5) is 0 Å². The van der Waals surface area contributed by atoms with Gasteiger partial charge in [-0.25, -0.2) is 0 Å². The predicted molar refractivity (Wildman–Crippen MR) is 78.1 cm³/mol. The number of piperazine rings is 1. The minimum absolute atomic E-state index is 0.296. The van der Waals surface area contributed by atoms with E-state index >= 15 is 0 Å². The van der Waals surface area contributed by atoms with E-state index in [1.54, 1.807) is 0 Å². The number of nitrogens with zero attached hydrogens (tertiary/aromatic N) is 1. The minimum Gasteiger partial charge on any atom is -0.337 e. The third-order valence-corrected chi connectivity index (χ3v) is 4.01. The molecule has 0 aliphatic carbocycles. The first-order valence-electron chi connectivity index (χ1n) is 7.27. The number of hydrogen-bond donors (Lipinski definition) is 1. The molecule has 0 aromatic heterocycles. The summed E-state index contributed by atoms with van der Waals surface area (Å²) in [5, 5.41) is 3.32. The first-order valence-corrected chi connectivity index (χ1v) is 7.27. The van der Waals surface area contributed by atoms with Gasteiger partial charge in [0.2, 0.25) is 5.91 Å². The molecule has 2 atom stereocenters. The third-order valence-electron chi connectivity index (χ3n) is 4.01. The molecule has 0 radical (unpaired) electrons. The number of carbonyl (C=O) groups is 1. The predicted octanol–water partition coefficient (Wildman–Crippen LogP) is 2.39. The maximum atomic E-state index is 12.4. The van der Waals surface area contributed by atoms with E-state index in [-0.39, 0.29) is 0 Å². The van der Waals surface area contributed by atoms with Crippen molar-refractivity contribution in [1.29, 1.82) is 0 Å². The van der Waals surface area contributed by atoms with Crippen molar-refractivity contribution in [2.24, 2.45) is 0 Å². The highest BCUT2D eigenvalue weighted by atomic mass is 16.2. The van der Waals surface area contributed by atoms with Crippen molar-refractivity contribution in [1.82, 2.24) is 10.2 Å². The Labute approximate surface area is 116 Å². The molecule has 2 unspecified atom stereocenters. The maximum absolute atomic E-state index is 12.4. The fourth-order valence-corrected chi connectivity index (χ4v) is 2.76. The monoisotopic (exact) mass is 260 g/mol. The lowest BCUT2D eigenvalue weighted by molar-refractivity contribution is -0.134. The van der Waals surface area contributed by atoms with Crippen LogP contribution in [0.25, 0.3) is 0 Å². The summed E-state index contributed by atoms with van der Waals surface area (Å²) in [6.45, 7) is 6.94. The molecule has 1 fully saturated rings. The molecule has 3 nitrogen and oxygen atoms in total. The van der Waals surface area contributed by atoms with Gasteiger partial charge >= 0.3 is 0 Å². The fourth-order valence-electron chi connectivity index (χ4n) is 2.76. The van der Waals surface area contributed by atoms with Gasteiger partial charge in [-0.15, -0.1) is 0 Å². The number of hydrogen-bond acceptors (Lipinski definition) is 2. The molecule has 0 spiro atoms. The van der Waals surface area contributed by atoms with Gasteiger partial charge in [0, 0.05) is 32.1 Å². The van der Waals surface area contributed by atoms with E-state index in [2.05, 4.69) is 43.4 Å². The van der Waals surface area contributed by atoms with Crippen molar-refractivity contribution in [3.63, 3.8) is 0 Å². The normalized spacial score (nSPS) is 21.2. The Morgan fingerprint density at radius 2 is 2.16 bits per heavy atom. The molecule has 1 heterocycles. The lowest BCUT2D eigenvalue weighted by atomic mass is 9.92. The van der Waals surface area contributed by atoms with Crippen molar-refractivity contribution in [3.8, 4) is 0 Å². The van der Waals surface area contributed by atoms with Crippen LogP contribution >= 0.6 is 0 Å². The van der Waals surface area contributed by atoms with Crippen molar-refractivity contribution in [3.05, 3.63) is 35.9 Å². The Morgan fingerprint density at radius 3 is 2.79 bits per heavy atom. The van der Waals surface area contributed by atoms with E-state index < -0.39 is 0 Å². The summed E-state index contributed by atoms with van der Waals surface area (Å²) in [6.07, 6.45) is 1.64. The molecule has 19 heavy (non-hydrogen) atoms. The second kappa shape index (κ2) is 6.71. The largest absolute Gasteiger partial charge is 0.337 e. The second-order valence-electron chi connectivity index (χ2n) is 5.36. The molecular weight excluding hydrogens is 236 g/mol. The number of carbonyl (C=O) groups excluding carboxylic acids is 1. The van der Waals surface area contributed by atoms with Crippen LogP contribution in [0.2, 0.25) is 0 Å². The Bertz CT molecular complexity index is 404. The molecule has 104 valence electrons. The molecule has 1 aliphatic rings. The molecule has 0 bridgehead atoms. The van der Waals surface area contributed by atoms with E-state index in [1.807, 2.05) is 11.0 Å². The summed E-state index contributed by atoms with van der Waals surface area (Å²) in [4.78, 5) is 14.5. The van der Waals surface area contributed by atoms with Crippen molar-refractivity contribution >= 4 is 5.91 Å². The van der Waals surface area contributed by atoms with Crippen LogP contribution in [0, 0.1) is 0 Å². The standard InChI is InChI=1S/C16H24N2O/c1-3-14(15-7-5-4-6-8-15)11-16(19)18-10-9-17-12-13(18)2/h4-8,13-14,17H,3,9-12H2,1-2H3. The molecular formula is C16H24N2O. The van der Waals surface area contributed by atoms with Crippen LogP contribution in [0.1, 0.15) is 38.2 Å². The van der Waals surface area contributed by atoms with E-state index in [0.29, 0.717) is 24.3 Å². The molecule has 1 N–H and O–H groups in total. The summed E-state index contributed by atoms with van der Waals surface area (Å²) < 4.78 is 0. The molecule has 0 saturated carbocycles. The van der Waals surface area contributed by atoms with Gasteiger partial charge in [-0.3, -0.25) is 4.79 Å². The molecule has 1 amide bonds. The van der Waals surface area contributed by atoms with Gasteiger partial charge < -0.3 is 10.2 Å². The summed E-state index contributed by atoms with van der Waals surface area (Å²) >= 11 is 0. The fraction of sp³-hybridized carbons (Fsp3) is 0.562. The third kappa shape index (κ3) is 3.57. The van der Waals surface area contributed by atoms with Crippen LogP contribution in [-0.4, -0.2) is 36.5 Å². The first-order chi connectivity index (χ1) is 9.22. The van der Waals surface area contributed by atoms with E-state index in [1.165, 1.54) is 5.56 Å². The number of nitrogens with one attached hydrogen (secondary N) is 1. The average molecular weight is 260 g/mol. The quantitative estimate of drug-likeness (QED) is 0.901. The Balaban J connectivity index is 2.00. The molecule has 1 aliphatic heterocycles. The molecule has 2 rings (SSSR count). The Hall–Kier alpha value is -1.35. The summed E-state index contributed by atoms with van der Waals surface area (Å²) in [7, 11) is 0. The SMILES string of the molecule is CCC(CC(=O)N1CCNCC1C)c1ccccc1. The van der Waals surface area contributed by atoms with Gasteiger partial charge in [-0.2, -0.15) is 0 Å². The zero-order chi connectivity index (χ0) is 13.7. The van der Waals surface area contributed by atoms with Crippen LogP contribution in [0.15, 0.2) is 30.3 Å². The average Bonchev–Trinajstić information content (AvgIpc) is 2.46. The molecule has 3 heteroatoms. The maximum Gasteiger partial charge on any atom is 0.223 e. The van der Waals surface area contributed by atoms with Crippen LogP contribution in [-0.2, 0) is 4.79 Å². The summed E-state index contributed by atoms with van der Waals surface area (Å²) in [5.74, 6) is 0.639. The van der Waals surface area contributed by atoms with Crippen LogP contribution in [0.3, 0.4) is 0 Å². The van der Waals surface area contributed by atoms with Crippen LogP contribution < -0.4 is 5.32 Å².